The molecule has 3 rings (SSSR count). The first-order valence-corrected chi connectivity index (χ1v) is 6.69. The fraction of sp³-hybridized carbons (Fsp3) is 0.643. The smallest absolute Gasteiger partial charge is 0.0312 e. The molecule has 0 bridgehead atoms. The zero-order valence-corrected chi connectivity index (χ0v) is 10.5. The zero-order valence-electron chi connectivity index (χ0n) is 10.5. The lowest BCUT2D eigenvalue weighted by molar-refractivity contribution is 0.125. The van der Waals surface area contributed by atoms with Gasteiger partial charge in [-0.15, -0.1) is 0 Å². The third-order valence-corrected chi connectivity index (χ3v) is 4.03. The molecule has 0 aromatic carbocycles. The van der Waals surface area contributed by atoms with Crippen LogP contribution in [0, 0.1) is 5.92 Å². The molecular formula is C14H21N3. The normalized spacial score (nSPS) is 30.4. The van der Waals surface area contributed by atoms with Crippen molar-refractivity contribution in [2.45, 2.75) is 38.4 Å². The van der Waals surface area contributed by atoms with E-state index in [1.807, 2.05) is 18.5 Å². The van der Waals surface area contributed by atoms with E-state index in [9.17, 15) is 0 Å². The minimum absolute atomic E-state index is 0.630. The molecule has 3 heteroatoms. The van der Waals surface area contributed by atoms with Crippen molar-refractivity contribution in [3.8, 4) is 0 Å². The van der Waals surface area contributed by atoms with Crippen LogP contribution in [-0.4, -0.2) is 35.1 Å². The van der Waals surface area contributed by atoms with E-state index in [4.69, 9.17) is 0 Å². The summed E-state index contributed by atoms with van der Waals surface area (Å²) >= 11 is 0. The van der Waals surface area contributed by atoms with E-state index in [0.717, 1.165) is 25.0 Å². The molecule has 1 aliphatic carbocycles. The third-order valence-electron chi connectivity index (χ3n) is 4.03. The van der Waals surface area contributed by atoms with Gasteiger partial charge < -0.3 is 5.32 Å². The first-order chi connectivity index (χ1) is 8.33. The number of aromatic nitrogens is 1. The van der Waals surface area contributed by atoms with Crippen molar-refractivity contribution in [3.63, 3.8) is 0 Å². The van der Waals surface area contributed by atoms with Gasteiger partial charge >= 0.3 is 0 Å². The van der Waals surface area contributed by atoms with Crippen LogP contribution < -0.4 is 5.32 Å². The Morgan fingerprint density at radius 2 is 2.35 bits per heavy atom. The molecule has 1 N–H and O–H groups in total. The quantitative estimate of drug-likeness (QED) is 0.857. The van der Waals surface area contributed by atoms with Gasteiger partial charge in [0, 0.05) is 44.1 Å². The van der Waals surface area contributed by atoms with Crippen LogP contribution in [-0.2, 0) is 6.54 Å². The van der Waals surface area contributed by atoms with Gasteiger partial charge in [-0.1, -0.05) is 6.07 Å². The summed E-state index contributed by atoms with van der Waals surface area (Å²) in [5.74, 6) is 0.943. The van der Waals surface area contributed by atoms with Gasteiger partial charge in [-0.25, -0.2) is 0 Å². The summed E-state index contributed by atoms with van der Waals surface area (Å²) in [4.78, 5) is 6.79. The van der Waals surface area contributed by atoms with Gasteiger partial charge in [0.1, 0.15) is 0 Å². The van der Waals surface area contributed by atoms with E-state index < -0.39 is 0 Å². The Morgan fingerprint density at radius 3 is 3.06 bits per heavy atom. The fourth-order valence-corrected chi connectivity index (χ4v) is 2.71. The van der Waals surface area contributed by atoms with Crippen LogP contribution in [0.25, 0.3) is 0 Å². The summed E-state index contributed by atoms with van der Waals surface area (Å²) in [5, 5.41) is 3.69. The molecule has 1 aliphatic heterocycles. The minimum Gasteiger partial charge on any atom is -0.311 e. The van der Waals surface area contributed by atoms with Crippen molar-refractivity contribution in [2.75, 3.05) is 13.1 Å². The van der Waals surface area contributed by atoms with E-state index in [-0.39, 0.29) is 0 Å². The molecule has 2 fully saturated rings. The molecular weight excluding hydrogens is 210 g/mol. The minimum atomic E-state index is 0.630. The first kappa shape index (κ1) is 11.2. The Labute approximate surface area is 103 Å². The third kappa shape index (κ3) is 2.67. The second-order valence-electron chi connectivity index (χ2n) is 5.49. The van der Waals surface area contributed by atoms with Crippen LogP contribution in [0.5, 0.6) is 0 Å². The second kappa shape index (κ2) is 4.75. The van der Waals surface area contributed by atoms with Crippen LogP contribution in [0.2, 0.25) is 0 Å². The maximum Gasteiger partial charge on any atom is 0.0312 e. The Morgan fingerprint density at radius 1 is 1.47 bits per heavy atom. The van der Waals surface area contributed by atoms with Crippen LogP contribution in [0.3, 0.4) is 0 Å². The largest absolute Gasteiger partial charge is 0.311 e. The average Bonchev–Trinajstić information content (AvgIpc) is 3.17. The molecule has 1 aromatic heterocycles. The van der Waals surface area contributed by atoms with E-state index in [1.165, 1.54) is 24.9 Å². The number of rotatable bonds is 3. The topological polar surface area (TPSA) is 28.2 Å². The van der Waals surface area contributed by atoms with Crippen molar-refractivity contribution in [2.24, 2.45) is 5.92 Å². The lowest BCUT2D eigenvalue weighted by Gasteiger charge is -2.39. The number of pyridine rings is 1. The van der Waals surface area contributed by atoms with Crippen LogP contribution in [0.1, 0.15) is 25.3 Å². The van der Waals surface area contributed by atoms with Gasteiger partial charge in [0.05, 0.1) is 0 Å². The Bertz CT molecular complexity index is 361. The van der Waals surface area contributed by atoms with Crippen molar-refractivity contribution in [1.29, 1.82) is 0 Å². The van der Waals surface area contributed by atoms with Crippen molar-refractivity contribution in [3.05, 3.63) is 30.1 Å². The van der Waals surface area contributed by atoms with Gasteiger partial charge in [0.25, 0.3) is 0 Å². The Kier molecular flexibility index (Phi) is 3.12. The summed E-state index contributed by atoms with van der Waals surface area (Å²) in [7, 11) is 0. The lowest BCUT2D eigenvalue weighted by atomic mass is 10.1. The van der Waals surface area contributed by atoms with E-state index in [2.05, 4.69) is 28.2 Å². The van der Waals surface area contributed by atoms with Gasteiger partial charge in [-0.3, -0.25) is 9.88 Å². The predicted molar refractivity (Wildman–Crippen MR) is 68.6 cm³/mol. The molecule has 2 heterocycles. The zero-order chi connectivity index (χ0) is 11.7. The lowest BCUT2D eigenvalue weighted by Crippen LogP contribution is -2.55. The number of hydrogen-bond donors (Lipinski definition) is 1. The van der Waals surface area contributed by atoms with Gasteiger partial charge in [0.2, 0.25) is 0 Å². The molecule has 1 saturated carbocycles. The van der Waals surface area contributed by atoms with Crippen molar-refractivity contribution in [1.82, 2.24) is 15.2 Å². The summed E-state index contributed by atoms with van der Waals surface area (Å²) in [6.07, 6.45) is 6.68. The van der Waals surface area contributed by atoms with Gasteiger partial charge in [-0.2, -0.15) is 0 Å². The highest BCUT2D eigenvalue weighted by molar-refractivity contribution is 5.09. The fourth-order valence-electron chi connectivity index (χ4n) is 2.71. The molecule has 3 nitrogen and oxygen atoms in total. The summed E-state index contributed by atoms with van der Waals surface area (Å²) in [6, 6.07) is 5.56. The molecule has 92 valence electrons. The molecule has 0 spiro atoms. The van der Waals surface area contributed by atoms with E-state index in [0.29, 0.717) is 6.04 Å². The highest BCUT2D eigenvalue weighted by atomic mass is 15.2. The molecule has 2 atom stereocenters. The van der Waals surface area contributed by atoms with E-state index >= 15 is 0 Å². The maximum atomic E-state index is 4.20. The standard InChI is InChI=1S/C14H21N3/c1-11-7-16-14(13-4-5-13)10-17(11)9-12-3-2-6-15-8-12/h2-3,6,8,11,13-14,16H,4-5,7,9-10H2,1H3. The Hall–Kier alpha value is -0.930. The van der Waals surface area contributed by atoms with Crippen LogP contribution in [0.4, 0.5) is 0 Å². The SMILES string of the molecule is CC1CNC(C2CC2)CN1Cc1cccnc1. The van der Waals surface area contributed by atoms with Crippen LogP contribution in [0.15, 0.2) is 24.5 Å². The van der Waals surface area contributed by atoms with Crippen LogP contribution >= 0.6 is 0 Å². The summed E-state index contributed by atoms with van der Waals surface area (Å²) in [5.41, 5.74) is 1.33. The average molecular weight is 231 g/mol. The van der Waals surface area contributed by atoms with E-state index in [1.54, 1.807) is 0 Å². The maximum absolute atomic E-state index is 4.20. The molecule has 0 amide bonds. The number of hydrogen-bond acceptors (Lipinski definition) is 3. The van der Waals surface area contributed by atoms with Gasteiger partial charge in [-0.05, 0) is 37.3 Å². The molecule has 2 aliphatic rings. The summed E-state index contributed by atoms with van der Waals surface area (Å²) < 4.78 is 0. The highest BCUT2D eigenvalue weighted by Crippen LogP contribution is 2.34. The van der Waals surface area contributed by atoms with Gasteiger partial charge in [0.15, 0.2) is 0 Å². The molecule has 0 radical (unpaired) electrons. The number of nitrogens with one attached hydrogen (secondary N) is 1. The molecule has 1 saturated heterocycles. The van der Waals surface area contributed by atoms with Crippen molar-refractivity contribution < 1.29 is 0 Å². The number of piperazine rings is 1. The molecule has 2 unspecified atom stereocenters. The first-order valence-electron chi connectivity index (χ1n) is 6.69. The number of nitrogens with zero attached hydrogens (tertiary/aromatic N) is 2. The molecule has 17 heavy (non-hydrogen) atoms. The Balaban J connectivity index is 1.64. The predicted octanol–water partition coefficient (Wildman–Crippen LogP) is 1.65. The highest BCUT2D eigenvalue weighted by Gasteiger charge is 2.35. The monoisotopic (exact) mass is 231 g/mol. The second-order valence-corrected chi connectivity index (χ2v) is 5.49. The summed E-state index contributed by atoms with van der Waals surface area (Å²) in [6.45, 7) is 5.68. The van der Waals surface area contributed by atoms with Crippen molar-refractivity contribution >= 4 is 0 Å². The molecule has 1 aromatic rings.